The van der Waals surface area contributed by atoms with Crippen LogP contribution in [-0.4, -0.2) is 0 Å². The van der Waals surface area contributed by atoms with Crippen LogP contribution >= 0.6 is 0 Å². The van der Waals surface area contributed by atoms with Gasteiger partial charge in [-0.3, -0.25) is 5.11 Å². The van der Waals surface area contributed by atoms with E-state index in [1.165, 1.54) is 11.1 Å². The molecule has 1 nitrogen and oxygen atoms in total. The summed E-state index contributed by atoms with van der Waals surface area (Å²) in [6, 6.07) is 12.4. The highest BCUT2D eigenvalue weighted by Gasteiger charge is 2.22. The molecule has 0 saturated heterocycles. The molecule has 0 aromatic heterocycles. The van der Waals surface area contributed by atoms with Gasteiger partial charge in [-0.15, -0.1) is 0 Å². The van der Waals surface area contributed by atoms with E-state index in [9.17, 15) is 5.11 Å². The Morgan fingerprint density at radius 3 is 2.69 bits per heavy atom. The quantitative estimate of drug-likeness (QED) is 0.578. The molecule has 2 aromatic rings. The average Bonchev–Trinajstić information content (AvgIpc) is 2.69. The molecule has 0 fully saturated rings. The predicted molar refractivity (Wildman–Crippen MR) is 64.2 cm³/mol. The summed E-state index contributed by atoms with van der Waals surface area (Å²) in [6.07, 6.45) is 1.63. The lowest BCUT2D eigenvalue weighted by atomic mass is 10.0. The molecule has 0 saturated carbocycles. The number of aryl methyl sites for hydroxylation is 1. The molecule has 1 aliphatic rings. The molecular formula is C15H13O. The molecule has 1 radical (unpaired) electrons. The van der Waals surface area contributed by atoms with Crippen molar-refractivity contribution in [2.24, 2.45) is 0 Å². The third kappa shape index (κ3) is 1.18. The predicted octanol–water partition coefficient (Wildman–Crippen LogP) is 3.96. The summed E-state index contributed by atoms with van der Waals surface area (Å²) in [5, 5.41) is 12.2. The van der Waals surface area contributed by atoms with Gasteiger partial charge in [-0.25, -0.2) is 0 Å². The van der Waals surface area contributed by atoms with Crippen molar-refractivity contribution in [2.45, 2.75) is 19.8 Å². The van der Waals surface area contributed by atoms with Crippen LogP contribution in [0.15, 0.2) is 36.4 Å². The number of benzene rings is 2. The van der Waals surface area contributed by atoms with Crippen molar-refractivity contribution >= 4 is 0 Å². The van der Waals surface area contributed by atoms with Crippen LogP contribution in [0.4, 0.5) is 0 Å². The van der Waals surface area contributed by atoms with E-state index in [0.29, 0.717) is 0 Å². The van der Waals surface area contributed by atoms with E-state index in [0.717, 1.165) is 29.5 Å². The molecule has 79 valence electrons. The van der Waals surface area contributed by atoms with Crippen LogP contribution in [0.25, 0.3) is 11.1 Å². The summed E-state index contributed by atoms with van der Waals surface area (Å²) in [6.45, 7) is 2.03. The maximum Gasteiger partial charge on any atom is 0.185 e. The van der Waals surface area contributed by atoms with Crippen LogP contribution in [-0.2, 0) is 17.9 Å². The summed E-state index contributed by atoms with van der Waals surface area (Å²) < 4.78 is 0. The second-order valence-electron chi connectivity index (χ2n) is 4.27. The van der Waals surface area contributed by atoms with Crippen molar-refractivity contribution in [1.82, 2.24) is 0 Å². The Morgan fingerprint density at radius 1 is 1.06 bits per heavy atom. The highest BCUT2D eigenvalue weighted by molar-refractivity contribution is 5.79. The van der Waals surface area contributed by atoms with Gasteiger partial charge in [0.15, 0.2) is 5.75 Å². The Bertz CT molecular complexity index is 555. The van der Waals surface area contributed by atoms with Gasteiger partial charge < -0.3 is 0 Å². The van der Waals surface area contributed by atoms with Crippen LogP contribution in [0.3, 0.4) is 0 Å². The smallest absolute Gasteiger partial charge is 0.185 e. The summed E-state index contributed by atoms with van der Waals surface area (Å²) in [5.74, 6) is 0.246. The number of hydrogen-bond donors (Lipinski definition) is 0. The molecule has 0 atom stereocenters. The van der Waals surface area contributed by atoms with Gasteiger partial charge in [0.25, 0.3) is 0 Å². The Labute approximate surface area is 95.4 Å². The molecule has 0 aliphatic heterocycles. The van der Waals surface area contributed by atoms with Crippen molar-refractivity contribution in [2.75, 3.05) is 0 Å². The Morgan fingerprint density at radius 2 is 1.88 bits per heavy atom. The zero-order chi connectivity index (χ0) is 11.1. The van der Waals surface area contributed by atoms with Crippen LogP contribution in [0.1, 0.15) is 23.6 Å². The fourth-order valence-electron chi connectivity index (χ4n) is 2.51. The largest absolute Gasteiger partial charge is 0.289 e. The van der Waals surface area contributed by atoms with E-state index in [1.54, 1.807) is 0 Å². The van der Waals surface area contributed by atoms with Crippen LogP contribution in [0.2, 0.25) is 0 Å². The van der Waals surface area contributed by atoms with Crippen molar-refractivity contribution in [3.8, 4) is 16.9 Å². The minimum absolute atomic E-state index is 0.246. The van der Waals surface area contributed by atoms with Gasteiger partial charge in [0.2, 0.25) is 0 Å². The minimum atomic E-state index is 0.246. The second kappa shape index (κ2) is 3.38. The van der Waals surface area contributed by atoms with E-state index in [-0.39, 0.29) is 5.75 Å². The lowest BCUT2D eigenvalue weighted by Crippen LogP contribution is -1.87. The number of hydrogen-bond acceptors (Lipinski definition) is 0. The van der Waals surface area contributed by atoms with Crippen LogP contribution in [0.5, 0.6) is 5.75 Å². The average molecular weight is 209 g/mol. The van der Waals surface area contributed by atoms with Gasteiger partial charge in [0.05, 0.1) is 0 Å². The summed E-state index contributed by atoms with van der Waals surface area (Å²) in [4.78, 5) is 0. The first kappa shape index (κ1) is 9.46. The standard InChI is InChI=1S/C15H13O/c1-2-10-7-8-13-12-6-4-3-5-11(12)9-14(13)15(10)16/h3-8H,2,9H2,1H3. The fourth-order valence-corrected chi connectivity index (χ4v) is 2.51. The van der Waals surface area contributed by atoms with Crippen molar-refractivity contribution < 1.29 is 5.11 Å². The third-order valence-corrected chi connectivity index (χ3v) is 3.40. The van der Waals surface area contributed by atoms with Crippen LogP contribution < -0.4 is 0 Å². The van der Waals surface area contributed by atoms with E-state index >= 15 is 0 Å². The van der Waals surface area contributed by atoms with Gasteiger partial charge >= 0.3 is 0 Å². The van der Waals surface area contributed by atoms with Gasteiger partial charge in [0.1, 0.15) is 0 Å². The normalized spacial score (nSPS) is 12.3. The molecule has 0 heterocycles. The topological polar surface area (TPSA) is 19.9 Å². The molecule has 1 aliphatic carbocycles. The zero-order valence-electron chi connectivity index (χ0n) is 9.29. The van der Waals surface area contributed by atoms with Gasteiger partial charge in [-0.1, -0.05) is 43.3 Å². The maximum absolute atomic E-state index is 12.2. The molecule has 0 amide bonds. The molecule has 1 heteroatoms. The molecule has 0 N–H and O–H groups in total. The van der Waals surface area contributed by atoms with Gasteiger partial charge in [-0.05, 0) is 28.7 Å². The van der Waals surface area contributed by atoms with Crippen molar-refractivity contribution in [3.05, 3.63) is 53.1 Å². The molecule has 3 rings (SSSR count). The molecule has 16 heavy (non-hydrogen) atoms. The monoisotopic (exact) mass is 209 g/mol. The first-order valence-corrected chi connectivity index (χ1v) is 5.71. The van der Waals surface area contributed by atoms with Crippen LogP contribution in [0, 0.1) is 0 Å². The summed E-state index contributed by atoms with van der Waals surface area (Å²) in [7, 11) is 0. The minimum Gasteiger partial charge on any atom is -0.289 e. The zero-order valence-corrected chi connectivity index (χ0v) is 9.29. The molecule has 0 spiro atoms. The maximum atomic E-state index is 12.2. The number of fused-ring (bicyclic) bond motifs is 3. The molecular weight excluding hydrogens is 196 g/mol. The SMILES string of the molecule is CCc1ccc2c(c1[O])Cc1ccccc1-2. The van der Waals surface area contributed by atoms with E-state index < -0.39 is 0 Å². The Balaban J connectivity index is 2.24. The highest BCUT2D eigenvalue weighted by Crippen LogP contribution is 2.42. The molecule has 0 bridgehead atoms. The molecule has 0 unspecified atom stereocenters. The molecule has 2 aromatic carbocycles. The highest BCUT2D eigenvalue weighted by atomic mass is 16.3. The first-order chi connectivity index (χ1) is 7.81. The first-order valence-electron chi connectivity index (χ1n) is 5.71. The number of rotatable bonds is 1. The summed E-state index contributed by atoms with van der Waals surface area (Å²) in [5.41, 5.74) is 5.57. The van der Waals surface area contributed by atoms with Gasteiger partial charge in [0, 0.05) is 12.0 Å². The second-order valence-corrected chi connectivity index (χ2v) is 4.27. The van der Waals surface area contributed by atoms with Gasteiger partial charge in [-0.2, -0.15) is 0 Å². The Kier molecular flexibility index (Phi) is 2.00. The van der Waals surface area contributed by atoms with Crippen molar-refractivity contribution in [1.29, 1.82) is 0 Å². The third-order valence-electron chi connectivity index (χ3n) is 3.40. The van der Waals surface area contributed by atoms with E-state index in [2.05, 4.69) is 18.2 Å². The lowest BCUT2D eigenvalue weighted by Gasteiger charge is -2.05. The summed E-state index contributed by atoms with van der Waals surface area (Å²) >= 11 is 0. The Hall–Kier alpha value is -1.76. The lowest BCUT2D eigenvalue weighted by molar-refractivity contribution is 0.346. The van der Waals surface area contributed by atoms with Crippen molar-refractivity contribution in [3.63, 3.8) is 0 Å². The van der Waals surface area contributed by atoms with E-state index in [4.69, 9.17) is 0 Å². The van der Waals surface area contributed by atoms with E-state index in [1.807, 2.05) is 25.1 Å². The fraction of sp³-hybridized carbons (Fsp3) is 0.200.